The summed E-state index contributed by atoms with van der Waals surface area (Å²) in [5.74, 6) is -1.23. The van der Waals surface area contributed by atoms with E-state index >= 15 is 0 Å². The molecule has 0 fully saturated rings. The van der Waals surface area contributed by atoms with Gasteiger partial charge in [0.1, 0.15) is 0 Å². The van der Waals surface area contributed by atoms with Gasteiger partial charge in [0.15, 0.2) is 0 Å². The van der Waals surface area contributed by atoms with Crippen molar-refractivity contribution in [2.24, 2.45) is 5.41 Å². The molecule has 3 N–H and O–H groups in total. The van der Waals surface area contributed by atoms with Gasteiger partial charge in [0.2, 0.25) is 11.8 Å². The first-order valence-electron chi connectivity index (χ1n) is 6.56. The second kappa shape index (κ2) is 8.50. The molecule has 0 aromatic rings. The van der Waals surface area contributed by atoms with Gasteiger partial charge in [-0.2, -0.15) is 0 Å². The quantitative estimate of drug-likeness (QED) is 0.581. The van der Waals surface area contributed by atoms with Gasteiger partial charge in [-0.25, -0.2) is 0 Å². The molecule has 0 aliphatic heterocycles. The summed E-state index contributed by atoms with van der Waals surface area (Å²) in [7, 11) is 0. The van der Waals surface area contributed by atoms with Crippen LogP contribution in [0.15, 0.2) is 0 Å². The predicted molar refractivity (Wildman–Crippen MR) is 71.6 cm³/mol. The Morgan fingerprint density at radius 1 is 1.05 bits per heavy atom. The van der Waals surface area contributed by atoms with E-state index in [4.69, 9.17) is 5.11 Å². The highest BCUT2D eigenvalue weighted by Crippen LogP contribution is 2.13. The number of carboxylic acids is 1. The van der Waals surface area contributed by atoms with E-state index < -0.39 is 11.4 Å². The topological polar surface area (TPSA) is 95.5 Å². The number of hydrogen-bond acceptors (Lipinski definition) is 3. The zero-order valence-corrected chi connectivity index (χ0v) is 11.9. The summed E-state index contributed by atoms with van der Waals surface area (Å²) in [6, 6.07) is 0. The average molecular weight is 272 g/mol. The summed E-state index contributed by atoms with van der Waals surface area (Å²) in [5, 5.41) is 14.2. The molecule has 0 rings (SSSR count). The number of carboxylic acid groups (broad SMARTS) is 1. The fourth-order valence-electron chi connectivity index (χ4n) is 1.25. The van der Waals surface area contributed by atoms with Crippen LogP contribution in [0.3, 0.4) is 0 Å². The minimum absolute atomic E-state index is 0.0551. The van der Waals surface area contributed by atoms with Gasteiger partial charge in [0, 0.05) is 25.9 Å². The molecule has 0 aromatic carbocycles. The van der Waals surface area contributed by atoms with Crippen LogP contribution in [0, 0.1) is 5.41 Å². The minimum Gasteiger partial charge on any atom is -0.481 e. The smallest absolute Gasteiger partial charge is 0.310 e. The summed E-state index contributed by atoms with van der Waals surface area (Å²) < 4.78 is 0. The number of amides is 2. The molecule has 19 heavy (non-hydrogen) atoms. The van der Waals surface area contributed by atoms with E-state index in [2.05, 4.69) is 10.6 Å². The molecule has 0 bridgehead atoms. The molecule has 0 saturated carbocycles. The molecule has 0 atom stereocenters. The fraction of sp³-hybridized carbons (Fsp3) is 0.769. The maximum absolute atomic E-state index is 11.5. The minimum atomic E-state index is -0.978. The Hall–Kier alpha value is -1.59. The van der Waals surface area contributed by atoms with Crippen LogP contribution in [0.1, 0.15) is 46.5 Å². The number of rotatable bonds is 9. The van der Waals surface area contributed by atoms with E-state index in [0.29, 0.717) is 19.4 Å². The highest BCUT2D eigenvalue weighted by Gasteiger charge is 2.27. The van der Waals surface area contributed by atoms with Gasteiger partial charge < -0.3 is 15.7 Å². The predicted octanol–water partition coefficient (Wildman–Crippen LogP) is 0.910. The molecule has 0 unspecified atom stereocenters. The maximum Gasteiger partial charge on any atom is 0.310 e. The number of aliphatic carboxylic acids is 1. The fourth-order valence-corrected chi connectivity index (χ4v) is 1.25. The molecule has 0 aliphatic rings. The Morgan fingerprint density at radius 3 is 2.05 bits per heavy atom. The van der Waals surface area contributed by atoms with Crippen LogP contribution in [-0.2, 0) is 14.4 Å². The Labute approximate surface area is 113 Å². The molecular formula is C13H24N2O4. The maximum atomic E-state index is 11.5. The van der Waals surface area contributed by atoms with Crippen LogP contribution in [0.25, 0.3) is 0 Å². The van der Waals surface area contributed by atoms with Crippen LogP contribution in [0.4, 0.5) is 0 Å². The molecule has 6 heteroatoms. The van der Waals surface area contributed by atoms with Gasteiger partial charge in [0.05, 0.1) is 5.41 Å². The van der Waals surface area contributed by atoms with E-state index in [1.165, 1.54) is 0 Å². The standard InChI is InChI=1S/C13H24N2O4/c1-4-8-14-10(16)6-5-7-11(17)15-9-13(2,3)12(18)19/h4-9H2,1-3H3,(H,14,16)(H,15,17)(H,18,19). The van der Waals surface area contributed by atoms with Crippen LogP contribution < -0.4 is 10.6 Å². The Balaban J connectivity index is 3.77. The monoisotopic (exact) mass is 272 g/mol. The Morgan fingerprint density at radius 2 is 1.58 bits per heavy atom. The zero-order chi connectivity index (χ0) is 14.9. The van der Waals surface area contributed by atoms with Crippen LogP contribution in [-0.4, -0.2) is 36.0 Å². The van der Waals surface area contributed by atoms with E-state index in [0.717, 1.165) is 6.42 Å². The second-order valence-electron chi connectivity index (χ2n) is 5.17. The normalized spacial score (nSPS) is 10.9. The van der Waals surface area contributed by atoms with Crippen molar-refractivity contribution >= 4 is 17.8 Å². The first-order valence-corrected chi connectivity index (χ1v) is 6.56. The van der Waals surface area contributed by atoms with Crippen LogP contribution in [0.5, 0.6) is 0 Å². The molecule has 0 aromatic heterocycles. The van der Waals surface area contributed by atoms with Gasteiger partial charge >= 0.3 is 5.97 Å². The first-order chi connectivity index (χ1) is 8.79. The van der Waals surface area contributed by atoms with Crippen molar-refractivity contribution in [1.29, 1.82) is 0 Å². The van der Waals surface area contributed by atoms with Crippen molar-refractivity contribution in [3.05, 3.63) is 0 Å². The summed E-state index contributed by atoms with van der Waals surface area (Å²) in [5.41, 5.74) is -0.978. The van der Waals surface area contributed by atoms with Crippen molar-refractivity contribution < 1.29 is 19.5 Å². The third kappa shape index (κ3) is 8.18. The summed E-state index contributed by atoms with van der Waals surface area (Å²) in [6.07, 6.45) is 1.90. The molecule has 110 valence electrons. The lowest BCUT2D eigenvalue weighted by Gasteiger charge is -2.19. The molecule has 0 aliphatic carbocycles. The van der Waals surface area contributed by atoms with Crippen molar-refractivity contribution in [3.63, 3.8) is 0 Å². The van der Waals surface area contributed by atoms with Crippen molar-refractivity contribution in [3.8, 4) is 0 Å². The summed E-state index contributed by atoms with van der Waals surface area (Å²) in [6.45, 7) is 5.81. The van der Waals surface area contributed by atoms with Crippen molar-refractivity contribution in [1.82, 2.24) is 10.6 Å². The van der Waals surface area contributed by atoms with Crippen LogP contribution >= 0.6 is 0 Å². The molecule has 0 spiro atoms. The first kappa shape index (κ1) is 17.4. The Bertz CT molecular complexity index is 327. The van der Waals surface area contributed by atoms with Crippen LogP contribution in [0.2, 0.25) is 0 Å². The lowest BCUT2D eigenvalue weighted by atomic mass is 9.94. The molecule has 0 heterocycles. The summed E-state index contributed by atoms with van der Waals surface area (Å²) >= 11 is 0. The molecule has 6 nitrogen and oxygen atoms in total. The van der Waals surface area contributed by atoms with Gasteiger partial charge in [-0.3, -0.25) is 14.4 Å². The molecular weight excluding hydrogens is 248 g/mol. The number of carbonyl (C=O) groups excluding carboxylic acids is 2. The van der Waals surface area contributed by atoms with E-state index in [-0.39, 0.29) is 24.8 Å². The number of hydrogen-bond donors (Lipinski definition) is 3. The Kier molecular flexibility index (Phi) is 7.79. The van der Waals surface area contributed by atoms with E-state index in [9.17, 15) is 14.4 Å². The third-order valence-corrected chi connectivity index (χ3v) is 2.69. The van der Waals surface area contributed by atoms with Gasteiger partial charge in [-0.15, -0.1) is 0 Å². The van der Waals surface area contributed by atoms with E-state index in [1.807, 2.05) is 6.92 Å². The lowest BCUT2D eigenvalue weighted by molar-refractivity contribution is -0.146. The molecule has 0 saturated heterocycles. The molecule has 2 amide bonds. The SMILES string of the molecule is CCCNC(=O)CCCC(=O)NCC(C)(C)C(=O)O. The highest BCUT2D eigenvalue weighted by molar-refractivity contribution is 5.80. The van der Waals surface area contributed by atoms with E-state index in [1.54, 1.807) is 13.8 Å². The zero-order valence-electron chi connectivity index (χ0n) is 11.9. The number of carbonyl (C=O) groups is 3. The highest BCUT2D eigenvalue weighted by atomic mass is 16.4. The van der Waals surface area contributed by atoms with Crippen molar-refractivity contribution in [2.75, 3.05) is 13.1 Å². The van der Waals surface area contributed by atoms with Crippen molar-refractivity contribution in [2.45, 2.75) is 46.5 Å². The molecule has 0 radical (unpaired) electrons. The largest absolute Gasteiger partial charge is 0.481 e. The van der Waals surface area contributed by atoms with Gasteiger partial charge in [-0.1, -0.05) is 6.92 Å². The second-order valence-corrected chi connectivity index (χ2v) is 5.17. The summed E-state index contributed by atoms with van der Waals surface area (Å²) in [4.78, 5) is 33.6. The van der Waals surface area contributed by atoms with Gasteiger partial charge in [-0.05, 0) is 26.7 Å². The third-order valence-electron chi connectivity index (χ3n) is 2.69. The average Bonchev–Trinajstić information content (AvgIpc) is 2.33. The lowest BCUT2D eigenvalue weighted by Crippen LogP contribution is -2.38. The number of nitrogens with one attached hydrogen (secondary N) is 2. The van der Waals surface area contributed by atoms with Gasteiger partial charge in [0.25, 0.3) is 0 Å².